The lowest BCUT2D eigenvalue weighted by molar-refractivity contribution is -0.122. The average Bonchev–Trinajstić information content (AvgIpc) is 2.53. The van der Waals surface area contributed by atoms with Gasteiger partial charge in [0.1, 0.15) is 5.78 Å². The molecule has 1 fully saturated rings. The van der Waals surface area contributed by atoms with Crippen LogP contribution in [0.25, 0.3) is 0 Å². The van der Waals surface area contributed by atoms with E-state index in [-0.39, 0.29) is 11.7 Å². The molecule has 1 saturated heterocycles. The first kappa shape index (κ1) is 18.9. The number of urea groups is 2. The van der Waals surface area contributed by atoms with Gasteiger partial charge in [-0.15, -0.1) is 0 Å². The summed E-state index contributed by atoms with van der Waals surface area (Å²) in [7, 11) is 0. The van der Waals surface area contributed by atoms with Gasteiger partial charge in [-0.05, 0) is 31.4 Å². The highest BCUT2D eigenvalue weighted by atomic mass is 16.2. The number of ketones is 1. The second-order valence-electron chi connectivity index (χ2n) is 6.61. The molecular formula is C18H26N4O3. The van der Waals surface area contributed by atoms with Gasteiger partial charge in [0.15, 0.2) is 6.29 Å². The van der Waals surface area contributed by atoms with Crippen LogP contribution in [0.5, 0.6) is 0 Å². The van der Waals surface area contributed by atoms with Gasteiger partial charge in [-0.2, -0.15) is 0 Å². The minimum Gasteiger partial charge on any atom is -0.304 e. The van der Waals surface area contributed by atoms with Crippen molar-refractivity contribution in [2.45, 2.75) is 52.9 Å². The summed E-state index contributed by atoms with van der Waals surface area (Å²) < 4.78 is 0. The van der Waals surface area contributed by atoms with E-state index in [0.717, 1.165) is 16.9 Å². The highest BCUT2D eigenvalue weighted by molar-refractivity contribution is 6.15. The Morgan fingerprint density at radius 3 is 2.20 bits per heavy atom. The summed E-state index contributed by atoms with van der Waals surface area (Å²) in [6, 6.07) is 5.59. The number of carbonyl (C=O) groups is 3. The Morgan fingerprint density at radius 1 is 1.16 bits per heavy atom. The highest BCUT2D eigenvalue weighted by Crippen LogP contribution is 2.17. The average molecular weight is 346 g/mol. The molecule has 0 spiro atoms. The van der Waals surface area contributed by atoms with Gasteiger partial charge in [-0.1, -0.05) is 38.5 Å². The number of nitrogens with one attached hydrogen (secondary N) is 3. The number of anilines is 1. The molecule has 2 rings (SSSR count). The summed E-state index contributed by atoms with van der Waals surface area (Å²) in [5, 5.41) is 8.41. The van der Waals surface area contributed by atoms with E-state index in [1.807, 2.05) is 39.8 Å². The van der Waals surface area contributed by atoms with Crippen LogP contribution in [0.2, 0.25) is 0 Å². The molecule has 1 aliphatic heterocycles. The number of aryl methyl sites for hydroxylation is 1. The van der Waals surface area contributed by atoms with Crippen molar-refractivity contribution in [1.82, 2.24) is 16.0 Å². The van der Waals surface area contributed by atoms with E-state index in [4.69, 9.17) is 0 Å². The number of hydrogen-bond acceptors (Lipinski definition) is 4. The summed E-state index contributed by atoms with van der Waals surface area (Å²) in [5.74, 6) is 0.116. The van der Waals surface area contributed by atoms with Crippen molar-refractivity contribution in [3.8, 4) is 0 Å². The molecule has 4 amide bonds. The number of imide groups is 1. The molecule has 7 heteroatoms. The van der Waals surface area contributed by atoms with E-state index >= 15 is 0 Å². The fourth-order valence-electron chi connectivity index (χ4n) is 2.75. The molecule has 1 aromatic rings. The van der Waals surface area contributed by atoms with E-state index in [9.17, 15) is 14.4 Å². The van der Waals surface area contributed by atoms with Crippen molar-refractivity contribution in [2.75, 3.05) is 4.90 Å². The first-order valence-corrected chi connectivity index (χ1v) is 8.60. The molecule has 0 radical (unpaired) electrons. The van der Waals surface area contributed by atoms with Crippen molar-refractivity contribution in [1.29, 1.82) is 0 Å². The first-order valence-electron chi connectivity index (χ1n) is 8.60. The van der Waals surface area contributed by atoms with Crippen molar-refractivity contribution < 1.29 is 14.4 Å². The second-order valence-corrected chi connectivity index (χ2v) is 6.61. The van der Waals surface area contributed by atoms with Gasteiger partial charge >= 0.3 is 12.1 Å². The lowest BCUT2D eigenvalue weighted by atomic mass is 9.97. The monoisotopic (exact) mass is 346 g/mol. The Labute approximate surface area is 148 Å². The number of hydrogen-bond donors (Lipinski definition) is 3. The van der Waals surface area contributed by atoms with Crippen molar-refractivity contribution >= 4 is 23.5 Å². The Kier molecular flexibility index (Phi) is 6.14. The second kappa shape index (κ2) is 8.11. The number of benzene rings is 1. The van der Waals surface area contributed by atoms with Crippen LogP contribution in [0, 0.1) is 12.8 Å². The van der Waals surface area contributed by atoms with Crippen LogP contribution in [0.1, 0.15) is 39.2 Å². The molecule has 0 aromatic heterocycles. The maximum Gasteiger partial charge on any atom is 0.332 e. The molecule has 1 atom stereocenters. The Hall–Kier alpha value is -2.41. The molecule has 3 N–H and O–H groups in total. The third-order valence-electron chi connectivity index (χ3n) is 4.09. The molecule has 0 aliphatic carbocycles. The van der Waals surface area contributed by atoms with Gasteiger partial charge in [-0.25, -0.2) is 14.5 Å². The number of rotatable bonds is 7. The lowest BCUT2D eigenvalue weighted by Gasteiger charge is -2.35. The third-order valence-corrected chi connectivity index (χ3v) is 4.09. The van der Waals surface area contributed by atoms with Gasteiger partial charge in [0.2, 0.25) is 0 Å². The molecule has 1 aromatic carbocycles. The highest BCUT2D eigenvalue weighted by Gasteiger charge is 2.34. The zero-order valence-corrected chi connectivity index (χ0v) is 15.1. The van der Waals surface area contributed by atoms with Gasteiger partial charge in [0.05, 0.1) is 11.7 Å². The van der Waals surface area contributed by atoms with Crippen LogP contribution in [-0.2, 0) is 4.79 Å². The predicted octanol–water partition coefficient (Wildman–Crippen LogP) is 2.50. The normalized spacial score (nSPS) is 16.6. The van der Waals surface area contributed by atoms with E-state index < -0.39 is 24.4 Å². The fraction of sp³-hybridized carbons (Fsp3) is 0.500. The SMILES string of the molecule is CCCC(=O)C(NC1NC(=O)N(c2ccc(C)cc2)C(=O)N1)C(C)C. The molecule has 7 nitrogen and oxygen atoms in total. The van der Waals surface area contributed by atoms with Crippen molar-refractivity contribution in [3.05, 3.63) is 29.8 Å². The maximum atomic E-state index is 12.4. The molecule has 25 heavy (non-hydrogen) atoms. The Balaban J connectivity index is 2.08. The minimum absolute atomic E-state index is 0.0444. The summed E-state index contributed by atoms with van der Waals surface area (Å²) >= 11 is 0. The predicted molar refractivity (Wildman–Crippen MR) is 96.2 cm³/mol. The van der Waals surface area contributed by atoms with Gasteiger partial charge < -0.3 is 10.6 Å². The van der Waals surface area contributed by atoms with Crippen LogP contribution in [0.15, 0.2) is 24.3 Å². The smallest absolute Gasteiger partial charge is 0.304 e. The first-order chi connectivity index (χ1) is 11.8. The Morgan fingerprint density at radius 2 is 1.72 bits per heavy atom. The quantitative estimate of drug-likeness (QED) is 0.707. The third kappa shape index (κ3) is 4.57. The summed E-state index contributed by atoms with van der Waals surface area (Å²) in [6.07, 6.45) is 0.434. The van der Waals surface area contributed by atoms with E-state index in [0.29, 0.717) is 12.1 Å². The van der Waals surface area contributed by atoms with Crippen molar-refractivity contribution in [2.24, 2.45) is 5.92 Å². The van der Waals surface area contributed by atoms with E-state index in [2.05, 4.69) is 16.0 Å². The minimum atomic E-state index is -0.782. The van der Waals surface area contributed by atoms with E-state index in [1.165, 1.54) is 0 Å². The number of carbonyl (C=O) groups excluding carboxylic acids is 3. The summed E-state index contributed by atoms with van der Waals surface area (Å²) in [6.45, 7) is 7.73. The molecule has 0 saturated carbocycles. The molecule has 1 unspecified atom stereocenters. The summed E-state index contributed by atoms with van der Waals surface area (Å²) in [5.41, 5.74) is 1.52. The molecule has 0 bridgehead atoms. The fourth-order valence-corrected chi connectivity index (χ4v) is 2.75. The molecule has 1 aliphatic rings. The van der Waals surface area contributed by atoms with E-state index in [1.54, 1.807) is 12.1 Å². The molecule has 1 heterocycles. The van der Waals surface area contributed by atoms with Crippen LogP contribution >= 0.6 is 0 Å². The number of Topliss-reactive ketones (excluding diaryl/α,β-unsaturated/α-hetero) is 1. The number of amides is 4. The van der Waals surface area contributed by atoms with Crippen molar-refractivity contribution in [3.63, 3.8) is 0 Å². The van der Waals surface area contributed by atoms with Gasteiger partial charge in [0, 0.05) is 6.42 Å². The maximum absolute atomic E-state index is 12.4. The molecular weight excluding hydrogens is 320 g/mol. The van der Waals surface area contributed by atoms with Crippen LogP contribution in [0.4, 0.5) is 15.3 Å². The lowest BCUT2D eigenvalue weighted by Crippen LogP contribution is -2.70. The van der Waals surface area contributed by atoms with Gasteiger partial charge in [0.25, 0.3) is 0 Å². The zero-order chi connectivity index (χ0) is 18.6. The van der Waals surface area contributed by atoms with Crippen LogP contribution in [-0.4, -0.2) is 30.2 Å². The topological polar surface area (TPSA) is 90.5 Å². The van der Waals surface area contributed by atoms with Gasteiger partial charge in [-0.3, -0.25) is 10.1 Å². The standard InChI is InChI=1S/C18H26N4O3/c1-5-6-14(23)15(11(2)3)19-16-20-17(24)22(18(25)21-16)13-9-7-12(4)8-10-13/h7-11,15-16,19H,5-6H2,1-4H3,(H,20,24)(H,21,25). The summed E-state index contributed by atoms with van der Waals surface area (Å²) in [4.78, 5) is 38.0. The molecule has 136 valence electrons. The number of nitrogens with zero attached hydrogens (tertiary/aromatic N) is 1. The van der Waals surface area contributed by atoms with Crippen LogP contribution in [0.3, 0.4) is 0 Å². The van der Waals surface area contributed by atoms with Crippen LogP contribution < -0.4 is 20.9 Å². The zero-order valence-electron chi connectivity index (χ0n) is 15.1. The largest absolute Gasteiger partial charge is 0.332 e. The Bertz CT molecular complexity index is 624.